The highest BCUT2D eigenvalue weighted by atomic mass is 32.2. The molecule has 206 valence electrons. The number of thiazole rings is 1. The van der Waals surface area contributed by atoms with Crippen LogP contribution in [0.5, 0.6) is 0 Å². The Balaban J connectivity index is 1.70. The average Bonchev–Trinajstić information content (AvgIpc) is 3.46. The number of carboxylic acids is 1. The van der Waals surface area contributed by atoms with Crippen molar-refractivity contribution in [3.05, 3.63) is 81.5 Å². The molecule has 2 heterocycles. The SMILES string of the molecule is CC(C)(C)C#Cc1cc(-c2nn(-c3nc(C(=O)O)cs3)c(CC3CC3)c2Cc2ccc(SN)c(F)c2)ccc1F. The molecule has 2 aromatic carbocycles. The number of nitrogens with two attached hydrogens (primary N) is 1. The third kappa shape index (κ3) is 6.28. The van der Waals surface area contributed by atoms with Crippen LogP contribution in [0.25, 0.3) is 16.4 Å². The van der Waals surface area contributed by atoms with Gasteiger partial charge in [-0.1, -0.05) is 17.9 Å². The zero-order valence-electron chi connectivity index (χ0n) is 22.3. The molecule has 0 radical (unpaired) electrons. The van der Waals surface area contributed by atoms with Crippen LogP contribution in [0, 0.1) is 34.8 Å². The summed E-state index contributed by atoms with van der Waals surface area (Å²) in [6, 6.07) is 9.67. The molecule has 0 amide bonds. The van der Waals surface area contributed by atoms with Gasteiger partial charge in [-0.2, -0.15) is 5.10 Å². The molecule has 4 aromatic rings. The monoisotopic (exact) mass is 578 g/mol. The van der Waals surface area contributed by atoms with Crippen molar-refractivity contribution in [3.8, 4) is 28.2 Å². The summed E-state index contributed by atoms with van der Waals surface area (Å²) in [5, 5.41) is 21.9. The summed E-state index contributed by atoms with van der Waals surface area (Å²) in [5.41, 5.74) is 3.62. The van der Waals surface area contributed by atoms with Crippen LogP contribution in [0.1, 0.15) is 66.5 Å². The van der Waals surface area contributed by atoms with Crippen molar-refractivity contribution in [2.45, 2.75) is 51.3 Å². The molecule has 0 aliphatic heterocycles. The molecule has 0 saturated heterocycles. The van der Waals surface area contributed by atoms with Crippen LogP contribution in [0.15, 0.2) is 46.7 Å². The number of halogens is 2. The molecule has 1 aliphatic rings. The normalized spacial score (nSPS) is 13.2. The molecule has 0 spiro atoms. The standard InChI is InChI=1S/C30H28F2N4O2S2/c1-30(2,3)11-10-19-15-20(7-8-22(19)31)27-21(12-18-6-9-26(40-33)23(32)13-18)25(14-17-4-5-17)36(35-27)29-34-24(16-39-29)28(37)38/h6-9,13,15-17H,4-5,12,14,33H2,1-3H3,(H,37,38). The lowest BCUT2D eigenvalue weighted by molar-refractivity contribution is 0.0691. The molecule has 10 heteroatoms. The number of benzene rings is 2. The van der Waals surface area contributed by atoms with Crippen molar-refractivity contribution in [3.63, 3.8) is 0 Å². The van der Waals surface area contributed by atoms with Gasteiger partial charge in [-0.05, 0) is 93.8 Å². The Bertz CT molecular complexity index is 1660. The Morgan fingerprint density at radius 2 is 1.98 bits per heavy atom. The van der Waals surface area contributed by atoms with Crippen molar-refractivity contribution in [2.75, 3.05) is 0 Å². The van der Waals surface area contributed by atoms with Gasteiger partial charge in [-0.3, -0.25) is 5.14 Å². The van der Waals surface area contributed by atoms with Crippen LogP contribution in [0.3, 0.4) is 0 Å². The summed E-state index contributed by atoms with van der Waals surface area (Å²) in [5.74, 6) is 4.57. The van der Waals surface area contributed by atoms with Crippen LogP contribution in [-0.2, 0) is 12.8 Å². The van der Waals surface area contributed by atoms with E-state index in [4.69, 9.17) is 10.2 Å². The highest BCUT2D eigenvalue weighted by Gasteiger charge is 2.29. The lowest BCUT2D eigenvalue weighted by atomic mass is 9.95. The van der Waals surface area contributed by atoms with E-state index in [-0.39, 0.29) is 16.7 Å². The van der Waals surface area contributed by atoms with E-state index in [1.54, 1.807) is 22.9 Å². The molecule has 3 N–H and O–H groups in total. The minimum atomic E-state index is -1.12. The van der Waals surface area contributed by atoms with Crippen LogP contribution in [0.2, 0.25) is 0 Å². The summed E-state index contributed by atoms with van der Waals surface area (Å²) in [6.07, 6.45) is 3.24. The van der Waals surface area contributed by atoms with Crippen LogP contribution in [-0.4, -0.2) is 25.8 Å². The Labute approximate surface area is 239 Å². The van der Waals surface area contributed by atoms with E-state index in [1.807, 2.05) is 26.8 Å². The first-order chi connectivity index (χ1) is 19.0. The number of hydrogen-bond acceptors (Lipinski definition) is 6. The van der Waals surface area contributed by atoms with Crippen LogP contribution < -0.4 is 5.14 Å². The summed E-state index contributed by atoms with van der Waals surface area (Å²) < 4.78 is 31.2. The van der Waals surface area contributed by atoms with Gasteiger partial charge >= 0.3 is 5.97 Å². The molecule has 0 bridgehead atoms. The van der Waals surface area contributed by atoms with E-state index in [2.05, 4.69) is 16.8 Å². The molecule has 6 nitrogen and oxygen atoms in total. The first kappa shape index (κ1) is 28.0. The molecule has 2 aromatic heterocycles. The van der Waals surface area contributed by atoms with E-state index in [0.717, 1.165) is 41.6 Å². The van der Waals surface area contributed by atoms with E-state index in [1.165, 1.54) is 28.8 Å². The number of carbonyl (C=O) groups is 1. The van der Waals surface area contributed by atoms with E-state index >= 15 is 0 Å². The highest BCUT2D eigenvalue weighted by Crippen LogP contribution is 2.38. The molecule has 0 unspecified atom stereocenters. The fourth-order valence-corrected chi connectivity index (χ4v) is 5.39. The lowest BCUT2D eigenvalue weighted by Gasteiger charge is -2.10. The van der Waals surface area contributed by atoms with Gasteiger partial charge < -0.3 is 5.11 Å². The first-order valence-corrected chi connectivity index (χ1v) is 14.6. The third-order valence-electron chi connectivity index (χ3n) is 6.48. The van der Waals surface area contributed by atoms with Crippen molar-refractivity contribution in [2.24, 2.45) is 16.5 Å². The minimum absolute atomic E-state index is 0.0607. The molecule has 1 aliphatic carbocycles. The lowest BCUT2D eigenvalue weighted by Crippen LogP contribution is -2.06. The first-order valence-electron chi connectivity index (χ1n) is 12.8. The quantitative estimate of drug-likeness (QED) is 0.175. The fraction of sp³-hybridized carbons (Fsp3) is 0.300. The number of aromatic nitrogens is 3. The predicted molar refractivity (Wildman–Crippen MR) is 154 cm³/mol. The average molecular weight is 579 g/mol. The molecule has 5 rings (SSSR count). The third-order valence-corrected chi connectivity index (χ3v) is 7.88. The maximum absolute atomic E-state index is 14.8. The number of hydrogen-bond donors (Lipinski definition) is 2. The van der Waals surface area contributed by atoms with Crippen LogP contribution >= 0.6 is 23.3 Å². The number of aromatic carboxylic acids is 1. The second-order valence-electron chi connectivity index (χ2n) is 10.9. The Morgan fingerprint density at radius 3 is 2.60 bits per heavy atom. The molecular formula is C30H28F2N4O2S2. The zero-order chi connectivity index (χ0) is 28.6. The van der Waals surface area contributed by atoms with E-state index < -0.39 is 17.6 Å². The second kappa shape index (κ2) is 11.2. The largest absolute Gasteiger partial charge is 0.476 e. The summed E-state index contributed by atoms with van der Waals surface area (Å²) >= 11 is 2.04. The molecule has 1 fully saturated rings. The van der Waals surface area contributed by atoms with Crippen molar-refractivity contribution >= 4 is 29.3 Å². The maximum atomic E-state index is 14.8. The minimum Gasteiger partial charge on any atom is -0.476 e. The van der Waals surface area contributed by atoms with E-state index in [0.29, 0.717) is 40.0 Å². The molecule has 40 heavy (non-hydrogen) atoms. The number of nitrogens with zero attached hydrogens (tertiary/aromatic N) is 3. The Hall–Kier alpha value is -3.52. The summed E-state index contributed by atoms with van der Waals surface area (Å²) in [4.78, 5) is 16.2. The van der Waals surface area contributed by atoms with Gasteiger partial charge in [-0.25, -0.2) is 23.2 Å². The highest BCUT2D eigenvalue weighted by molar-refractivity contribution is 7.97. The zero-order valence-corrected chi connectivity index (χ0v) is 23.9. The second-order valence-corrected chi connectivity index (χ2v) is 12.4. The maximum Gasteiger partial charge on any atom is 0.355 e. The van der Waals surface area contributed by atoms with Gasteiger partial charge in [0.15, 0.2) is 5.69 Å². The molecule has 0 atom stereocenters. The predicted octanol–water partition coefficient (Wildman–Crippen LogP) is 6.88. The van der Waals surface area contributed by atoms with Crippen molar-refractivity contribution in [1.29, 1.82) is 0 Å². The van der Waals surface area contributed by atoms with Crippen molar-refractivity contribution < 1.29 is 18.7 Å². The van der Waals surface area contributed by atoms with Gasteiger partial charge in [-0.15, -0.1) is 11.3 Å². The summed E-state index contributed by atoms with van der Waals surface area (Å²) in [6.45, 7) is 5.87. The van der Waals surface area contributed by atoms with Gasteiger partial charge in [0.25, 0.3) is 0 Å². The Morgan fingerprint density at radius 1 is 1.20 bits per heavy atom. The van der Waals surface area contributed by atoms with Crippen LogP contribution in [0.4, 0.5) is 8.78 Å². The van der Waals surface area contributed by atoms with Gasteiger partial charge in [0, 0.05) is 28.3 Å². The number of rotatable bonds is 8. The van der Waals surface area contributed by atoms with Gasteiger partial charge in [0.05, 0.1) is 21.8 Å². The smallest absolute Gasteiger partial charge is 0.355 e. The molecular weight excluding hydrogens is 550 g/mol. The molecule has 1 saturated carbocycles. The summed E-state index contributed by atoms with van der Waals surface area (Å²) in [7, 11) is 0. The Kier molecular flexibility index (Phi) is 7.82. The van der Waals surface area contributed by atoms with Gasteiger partial charge in [0.1, 0.15) is 11.6 Å². The van der Waals surface area contributed by atoms with E-state index in [9.17, 15) is 18.7 Å². The van der Waals surface area contributed by atoms with Crippen molar-refractivity contribution in [1.82, 2.24) is 14.8 Å². The number of carboxylic acid groups (broad SMARTS) is 1. The van der Waals surface area contributed by atoms with Gasteiger partial charge in [0.2, 0.25) is 5.13 Å². The topological polar surface area (TPSA) is 94.0 Å². The fourth-order valence-electron chi connectivity index (χ4n) is 4.30.